The van der Waals surface area contributed by atoms with Gasteiger partial charge in [-0.2, -0.15) is 0 Å². The summed E-state index contributed by atoms with van der Waals surface area (Å²) in [4.78, 5) is 24.2. The number of carbonyl (C=O) groups excluding carboxylic acids is 2. The van der Waals surface area contributed by atoms with Crippen LogP contribution in [0, 0.1) is 28.6 Å². The lowest BCUT2D eigenvalue weighted by molar-refractivity contribution is -0.134. The van der Waals surface area contributed by atoms with Crippen molar-refractivity contribution in [2.45, 2.75) is 58.3 Å². The van der Waals surface area contributed by atoms with Crippen molar-refractivity contribution in [2.75, 3.05) is 6.61 Å². The zero-order valence-corrected chi connectivity index (χ0v) is 13.4. The Morgan fingerprint density at radius 3 is 2.68 bits per heavy atom. The first kappa shape index (κ1) is 14.6. The number of rotatable bonds is 1. The number of hydrogen-bond acceptors (Lipinski definition) is 3. The van der Waals surface area contributed by atoms with Gasteiger partial charge in [0.1, 0.15) is 5.78 Å². The third-order valence-electron chi connectivity index (χ3n) is 7.68. The molecule has 0 aromatic heterocycles. The van der Waals surface area contributed by atoms with Crippen LogP contribution in [0.2, 0.25) is 0 Å². The van der Waals surface area contributed by atoms with E-state index < -0.39 is 0 Å². The second kappa shape index (κ2) is 4.77. The Morgan fingerprint density at radius 2 is 1.91 bits per heavy atom. The highest BCUT2D eigenvalue weighted by molar-refractivity contribution is 5.91. The Bertz CT molecular complexity index is 563. The number of hydrogen-bond donors (Lipinski definition) is 1. The number of ketones is 2. The quantitative estimate of drug-likeness (QED) is 0.810. The Hall–Kier alpha value is -0.960. The average Bonchev–Trinajstić information content (AvgIpc) is 2.82. The molecule has 5 atom stereocenters. The molecule has 0 aromatic rings. The highest BCUT2D eigenvalue weighted by Crippen LogP contribution is 2.64. The van der Waals surface area contributed by atoms with Gasteiger partial charge in [0.15, 0.2) is 5.78 Å². The SMILES string of the molecule is C[C@@]12CC[C@@H]3[C@@H](CCC4=CC(=O)CC[C@@]43CO)[C@@H]1CCC2=O. The van der Waals surface area contributed by atoms with E-state index in [1.165, 1.54) is 5.57 Å². The molecule has 0 aliphatic heterocycles. The fourth-order valence-corrected chi connectivity index (χ4v) is 6.43. The molecule has 0 heterocycles. The van der Waals surface area contributed by atoms with Crippen LogP contribution in [0.5, 0.6) is 0 Å². The highest BCUT2D eigenvalue weighted by Gasteiger charge is 2.59. The van der Waals surface area contributed by atoms with Crippen LogP contribution in [0.15, 0.2) is 11.6 Å². The molecule has 1 N–H and O–H groups in total. The smallest absolute Gasteiger partial charge is 0.155 e. The first-order chi connectivity index (χ1) is 10.5. The van der Waals surface area contributed by atoms with Crippen molar-refractivity contribution in [1.82, 2.24) is 0 Å². The Balaban J connectivity index is 1.73. The molecule has 0 aromatic carbocycles. The van der Waals surface area contributed by atoms with E-state index in [0.717, 1.165) is 44.9 Å². The maximum absolute atomic E-state index is 12.4. The topological polar surface area (TPSA) is 54.4 Å². The van der Waals surface area contributed by atoms with Crippen LogP contribution in [-0.4, -0.2) is 23.3 Å². The first-order valence-electron chi connectivity index (χ1n) is 8.89. The van der Waals surface area contributed by atoms with Crippen LogP contribution in [0.3, 0.4) is 0 Å². The number of Topliss-reactive ketones (excluding diaryl/α,β-unsaturated/α-hetero) is 1. The van der Waals surface area contributed by atoms with Crippen LogP contribution < -0.4 is 0 Å². The summed E-state index contributed by atoms with van der Waals surface area (Å²) in [6.45, 7) is 2.36. The van der Waals surface area contributed by atoms with Crippen molar-refractivity contribution >= 4 is 11.6 Å². The van der Waals surface area contributed by atoms with Crippen LogP contribution in [0.25, 0.3) is 0 Å². The highest BCUT2D eigenvalue weighted by atomic mass is 16.3. The van der Waals surface area contributed by atoms with E-state index in [0.29, 0.717) is 30.0 Å². The van der Waals surface area contributed by atoms with Crippen LogP contribution in [-0.2, 0) is 9.59 Å². The van der Waals surface area contributed by atoms with E-state index in [-0.39, 0.29) is 23.2 Å². The van der Waals surface area contributed by atoms with E-state index in [2.05, 4.69) is 6.92 Å². The molecule has 4 aliphatic carbocycles. The predicted octanol–water partition coefficient (Wildman–Crippen LogP) is 3.06. The molecule has 0 radical (unpaired) electrons. The van der Waals surface area contributed by atoms with E-state index >= 15 is 0 Å². The zero-order valence-electron chi connectivity index (χ0n) is 13.4. The van der Waals surface area contributed by atoms with Gasteiger partial charge in [-0.05, 0) is 62.4 Å². The molecule has 0 spiro atoms. The van der Waals surface area contributed by atoms with Crippen molar-refractivity contribution < 1.29 is 14.7 Å². The number of aliphatic hydroxyl groups excluding tert-OH is 1. The van der Waals surface area contributed by atoms with Crippen molar-refractivity contribution in [3.05, 3.63) is 11.6 Å². The monoisotopic (exact) mass is 302 g/mol. The Morgan fingerprint density at radius 1 is 1.09 bits per heavy atom. The maximum atomic E-state index is 12.4. The minimum atomic E-state index is -0.163. The van der Waals surface area contributed by atoms with Gasteiger partial charge in [0.25, 0.3) is 0 Å². The summed E-state index contributed by atoms with van der Waals surface area (Å²) >= 11 is 0. The third kappa shape index (κ3) is 1.72. The molecule has 3 saturated carbocycles. The molecule has 0 saturated heterocycles. The summed E-state index contributed by atoms with van der Waals surface area (Å²) in [7, 11) is 0. The number of fused-ring (bicyclic) bond motifs is 5. The predicted molar refractivity (Wildman–Crippen MR) is 83.1 cm³/mol. The largest absolute Gasteiger partial charge is 0.395 e. The number of carbonyl (C=O) groups is 2. The standard InChI is InChI=1S/C19H26O3/c1-18-8-7-16-14(15(18)4-5-17(18)22)3-2-12-10-13(21)6-9-19(12,16)11-20/h10,14-16,20H,2-9,11H2,1H3/t14-,15-,16+,18+,19+/m0/s1. The summed E-state index contributed by atoms with van der Waals surface area (Å²) in [6.07, 6.45) is 9.06. The van der Waals surface area contributed by atoms with Gasteiger partial charge in [-0.1, -0.05) is 12.5 Å². The van der Waals surface area contributed by atoms with Crippen molar-refractivity contribution in [1.29, 1.82) is 0 Å². The second-order valence-electron chi connectivity index (χ2n) is 8.28. The van der Waals surface area contributed by atoms with Crippen LogP contribution in [0.4, 0.5) is 0 Å². The fourth-order valence-electron chi connectivity index (χ4n) is 6.43. The lowest BCUT2D eigenvalue weighted by Gasteiger charge is -2.57. The van der Waals surface area contributed by atoms with Gasteiger partial charge in [-0.3, -0.25) is 9.59 Å². The van der Waals surface area contributed by atoms with Crippen molar-refractivity contribution in [3.8, 4) is 0 Å². The Kier molecular flexibility index (Phi) is 3.17. The van der Waals surface area contributed by atoms with E-state index in [1.54, 1.807) is 0 Å². The van der Waals surface area contributed by atoms with Gasteiger partial charge in [-0.25, -0.2) is 0 Å². The molecule has 0 unspecified atom stereocenters. The van der Waals surface area contributed by atoms with Gasteiger partial charge >= 0.3 is 0 Å². The van der Waals surface area contributed by atoms with Gasteiger partial charge in [0.05, 0.1) is 6.61 Å². The lowest BCUT2D eigenvalue weighted by Crippen LogP contribution is -2.53. The molecule has 3 fully saturated rings. The molecule has 0 amide bonds. The van der Waals surface area contributed by atoms with E-state index in [9.17, 15) is 14.7 Å². The molecular weight excluding hydrogens is 276 g/mol. The molecule has 4 rings (SSSR count). The molecule has 120 valence electrons. The second-order valence-corrected chi connectivity index (χ2v) is 8.28. The molecule has 3 heteroatoms. The molecule has 0 bridgehead atoms. The average molecular weight is 302 g/mol. The normalized spacial score (nSPS) is 47.5. The van der Waals surface area contributed by atoms with E-state index in [4.69, 9.17) is 0 Å². The zero-order chi connectivity index (χ0) is 15.5. The van der Waals surface area contributed by atoms with Crippen molar-refractivity contribution in [2.24, 2.45) is 28.6 Å². The molecular formula is C19H26O3. The van der Waals surface area contributed by atoms with E-state index in [1.807, 2.05) is 6.08 Å². The summed E-state index contributed by atoms with van der Waals surface area (Å²) in [6, 6.07) is 0. The summed E-state index contributed by atoms with van der Waals surface area (Å²) in [5.41, 5.74) is 0.938. The fraction of sp³-hybridized carbons (Fsp3) is 0.789. The first-order valence-corrected chi connectivity index (χ1v) is 8.89. The minimum absolute atomic E-state index is 0.108. The summed E-state index contributed by atoms with van der Waals surface area (Å²) in [5.74, 6) is 2.22. The number of aliphatic hydroxyl groups is 1. The van der Waals surface area contributed by atoms with Gasteiger partial charge in [0, 0.05) is 23.7 Å². The maximum Gasteiger partial charge on any atom is 0.155 e. The molecule has 22 heavy (non-hydrogen) atoms. The third-order valence-corrected chi connectivity index (χ3v) is 7.68. The minimum Gasteiger partial charge on any atom is -0.395 e. The molecule has 3 nitrogen and oxygen atoms in total. The summed E-state index contributed by atoms with van der Waals surface area (Å²) in [5, 5.41) is 10.2. The Labute approximate surface area is 132 Å². The van der Waals surface area contributed by atoms with Gasteiger partial charge in [-0.15, -0.1) is 0 Å². The van der Waals surface area contributed by atoms with Crippen molar-refractivity contribution in [3.63, 3.8) is 0 Å². The van der Waals surface area contributed by atoms with Crippen LogP contribution >= 0.6 is 0 Å². The van der Waals surface area contributed by atoms with Gasteiger partial charge < -0.3 is 5.11 Å². The molecule has 4 aliphatic rings. The van der Waals surface area contributed by atoms with Gasteiger partial charge in [0.2, 0.25) is 0 Å². The van der Waals surface area contributed by atoms with Crippen LogP contribution in [0.1, 0.15) is 58.3 Å². The lowest BCUT2D eigenvalue weighted by atomic mass is 9.47. The summed E-state index contributed by atoms with van der Waals surface area (Å²) < 4.78 is 0.